The Morgan fingerprint density at radius 2 is 1.93 bits per heavy atom. The Morgan fingerprint density at radius 3 is 2.60 bits per heavy atom. The van der Waals surface area contributed by atoms with Crippen LogP contribution in [0.3, 0.4) is 0 Å². The van der Waals surface area contributed by atoms with Gasteiger partial charge in [0.05, 0.1) is 17.9 Å². The Bertz CT molecular complexity index is 1590. The van der Waals surface area contributed by atoms with Crippen molar-refractivity contribution in [3.63, 3.8) is 0 Å². The van der Waals surface area contributed by atoms with E-state index in [0.29, 0.717) is 5.56 Å². The van der Waals surface area contributed by atoms with Gasteiger partial charge in [0.1, 0.15) is 11.6 Å². The maximum atomic E-state index is 15.3. The number of hydrogen-bond acceptors (Lipinski definition) is 7. The number of methoxy groups -OCH3 is 1. The topological polar surface area (TPSA) is 143 Å². The van der Waals surface area contributed by atoms with Crippen LogP contribution in [0.1, 0.15) is 39.9 Å². The molecule has 0 atom stereocenters. The van der Waals surface area contributed by atoms with Gasteiger partial charge in [-0.2, -0.15) is 13.1 Å². The molecule has 1 saturated carbocycles. The van der Waals surface area contributed by atoms with Crippen LogP contribution >= 0.6 is 0 Å². The number of ether oxygens (including phenoxy) is 1. The zero-order valence-corrected chi connectivity index (χ0v) is 23.0. The summed E-state index contributed by atoms with van der Waals surface area (Å²) in [5, 5.41) is 5.72. The smallest absolute Gasteiger partial charge is 0.300 e. The summed E-state index contributed by atoms with van der Waals surface area (Å²) in [6.07, 6.45) is 2.57. The number of nitrogens with one attached hydrogen (secondary N) is 4. The van der Waals surface area contributed by atoms with Crippen LogP contribution < -0.4 is 25.6 Å². The monoisotopic (exact) mass is 576 g/mol. The van der Waals surface area contributed by atoms with Gasteiger partial charge in [-0.3, -0.25) is 18.9 Å². The standard InChI is InChI=1S/C26H30F2N6O5S/c1-15-4-7-21(20(27)12-15)32-24-19(25(35)31-18-5-6-18)14-17(26(36)34(24)2)13-16-8-9-29-23(22(16)28)33-40(37,38)30-10-11-39-3/h4,7-9,12,14,18,30,32H,5-6,10-11,13H2,1-3H3,(H,29,33)(H,31,35). The number of halogens is 2. The van der Waals surface area contributed by atoms with E-state index in [1.807, 2.05) is 4.72 Å². The summed E-state index contributed by atoms with van der Waals surface area (Å²) in [5.74, 6) is -2.50. The first kappa shape index (κ1) is 29.1. The summed E-state index contributed by atoms with van der Waals surface area (Å²) in [4.78, 5) is 30.3. The molecule has 0 unspecified atom stereocenters. The van der Waals surface area contributed by atoms with Crippen LogP contribution in [-0.4, -0.2) is 50.2 Å². The van der Waals surface area contributed by atoms with Crippen LogP contribution in [0.15, 0.2) is 41.3 Å². The molecule has 0 spiro atoms. The Morgan fingerprint density at radius 1 is 1.18 bits per heavy atom. The number of aryl methyl sites for hydroxylation is 1. The van der Waals surface area contributed by atoms with Gasteiger partial charge in [0.25, 0.3) is 21.7 Å². The summed E-state index contributed by atoms with van der Waals surface area (Å²) in [5.41, 5.74) is 0.325. The van der Waals surface area contributed by atoms with Gasteiger partial charge in [0, 0.05) is 44.9 Å². The summed E-state index contributed by atoms with van der Waals surface area (Å²) in [6.45, 7) is 1.80. The molecule has 3 aromatic rings. The highest BCUT2D eigenvalue weighted by Crippen LogP contribution is 2.26. The fourth-order valence-corrected chi connectivity index (χ4v) is 4.75. The fourth-order valence-electron chi connectivity index (χ4n) is 3.93. The normalized spacial score (nSPS) is 13.2. The number of benzene rings is 1. The van der Waals surface area contributed by atoms with Crippen LogP contribution in [0.4, 0.5) is 26.1 Å². The summed E-state index contributed by atoms with van der Waals surface area (Å²) in [6, 6.07) is 7.16. The van der Waals surface area contributed by atoms with Crippen molar-refractivity contribution in [2.24, 2.45) is 7.05 Å². The molecule has 4 rings (SSSR count). The average Bonchev–Trinajstić information content (AvgIpc) is 3.71. The van der Waals surface area contributed by atoms with Gasteiger partial charge in [0.15, 0.2) is 11.6 Å². The van der Waals surface area contributed by atoms with Crippen molar-refractivity contribution in [1.82, 2.24) is 19.6 Å². The van der Waals surface area contributed by atoms with Gasteiger partial charge in [0.2, 0.25) is 0 Å². The first-order chi connectivity index (χ1) is 19.0. The van der Waals surface area contributed by atoms with E-state index < -0.39 is 39.1 Å². The third-order valence-corrected chi connectivity index (χ3v) is 7.25. The molecule has 11 nitrogen and oxygen atoms in total. The second kappa shape index (κ2) is 12.1. The van der Waals surface area contributed by atoms with E-state index in [9.17, 15) is 22.4 Å². The number of rotatable bonds is 12. The molecule has 214 valence electrons. The summed E-state index contributed by atoms with van der Waals surface area (Å²) < 4.78 is 64.5. The molecule has 4 N–H and O–H groups in total. The number of amides is 1. The van der Waals surface area contributed by atoms with E-state index >= 15 is 4.39 Å². The van der Waals surface area contributed by atoms with Crippen molar-refractivity contribution < 1.29 is 26.7 Å². The van der Waals surface area contributed by atoms with Gasteiger partial charge >= 0.3 is 0 Å². The van der Waals surface area contributed by atoms with Crippen molar-refractivity contribution in [2.75, 3.05) is 30.3 Å². The Labute approximate surface area is 230 Å². The number of hydrogen-bond donors (Lipinski definition) is 4. The average molecular weight is 577 g/mol. The van der Waals surface area contributed by atoms with Gasteiger partial charge in [-0.05, 0) is 55.2 Å². The molecule has 0 saturated heterocycles. The minimum Gasteiger partial charge on any atom is -0.383 e. The van der Waals surface area contributed by atoms with Crippen LogP contribution in [0.5, 0.6) is 0 Å². The maximum Gasteiger partial charge on any atom is 0.300 e. The Balaban J connectivity index is 1.69. The van der Waals surface area contributed by atoms with Crippen molar-refractivity contribution in [1.29, 1.82) is 0 Å². The molecule has 14 heteroatoms. The SMILES string of the molecule is COCCNS(=O)(=O)Nc1nccc(Cc2cc(C(=O)NC3CC3)c(Nc3ccc(C)cc3F)n(C)c2=O)c1F. The molecule has 0 aliphatic heterocycles. The van der Waals surface area contributed by atoms with E-state index in [-0.39, 0.29) is 53.8 Å². The van der Waals surface area contributed by atoms with E-state index in [4.69, 9.17) is 4.74 Å². The number of carbonyl (C=O) groups excluding carboxylic acids is 1. The lowest BCUT2D eigenvalue weighted by Gasteiger charge is -2.18. The Hall–Kier alpha value is -3.88. The van der Waals surface area contributed by atoms with E-state index in [2.05, 4.69) is 20.3 Å². The van der Waals surface area contributed by atoms with Crippen molar-refractivity contribution in [2.45, 2.75) is 32.2 Å². The molecule has 0 bridgehead atoms. The lowest BCUT2D eigenvalue weighted by molar-refractivity contribution is 0.0951. The third-order valence-electron chi connectivity index (χ3n) is 6.20. The van der Waals surface area contributed by atoms with E-state index in [1.54, 1.807) is 13.0 Å². The first-order valence-electron chi connectivity index (χ1n) is 12.5. The predicted molar refractivity (Wildman–Crippen MR) is 146 cm³/mol. The number of anilines is 3. The van der Waals surface area contributed by atoms with E-state index in [0.717, 1.165) is 12.8 Å². The van der Waals surface area contributed by atoms with Crippen LogP contribution in [0.2, 0.25) is 0 Å². The van der Waals surface area contributed by atoms with Crippen LogP contribution in [-0.2, 0) is 28.4 Å². The highest BCUT2D eigenvalue weighted by atomic mass is 32.2. The maximum absolute atomic E-state index is 15.3. The van der Waals surface area contributed by atoms with Crippen LogP contribution in [0.25, 0.3) is 0 Å². The predicted octanol–water partition coefficient (Wildman–Crippen LogP) is 2.49. The Kier molecular flexibility index (Phi) is 8.81. The molecule has 40 heavy (non-hydrogen) atoms. The second-order valence-corrected chi connectivity index (χ2v) is 11.0. The number of pyridine rings is 2. The quantitative estimate of drug-likeness (QED) is 0.243. The fraction of sp³-hybridized carbons (Fsp3) is 0.346. The third kappa shape index (κ3) is 7.00. The largest absolute Gasteiger partial charge is 0.383 e. The molecule has 1 aromatic carbocycles. The highest BCUT2D eigenvalue weighted by Gasteiger charge is 2.27. The minimum atomic E-state index is -4.14. The van der Waals surface area contributed by atoms with Gasteiger partial charge in [-0.25, -0.2) is 13.8 Å². The van der Waals surface area contributed by atoms with Crippen molar-refractivity contribution in [3.8, 4) is 0 Å². The van der Waals surface area contributed by atoms with E-state index in [1.165, 1.54) is 49.2 Å². The zero-order valence-electron chi connectivity index (χ0n) is 22.2. The van der Waals surface area contributed by atoms with Crippen molar-refractivity contribution in [3.05, 3.63) is 80.8 Å². The molecular formula is C26H30F2N6O5S. The minimum absolute atomic E-state index is 0.00265. The molecule has 1 aliphatic rings. The van der Waals surface area contributed by atoms with Gasteiger partial charge in [-0.15, -0.1) is 0 Å². The summed E-state index contributed by atoms with van der Waals surface area (Å²) >= 11 is 0. The number of carbonyl (C=O) groups is 1. The second-order valence-electron chi connectivity index (χ2n) is 9.45. The zero-order chi connectivity index (χ0) is 29.0. The highest BCUT2D eigenvalue weighted by molar-refractivity contribution is 7.90. The molecule has 2 aromatic heterocycles. The molecule has 1 amide bonds. The first-order valence-corrected chi connectivity index (χ1v) is 13.9. The lowest BCUT2D eigenvalue weighted by Crippen LogP contribution is -2.33. The number of aromatic nitrogens is 2. The molecular weight excluding hydrogens is 546 g/mol. The van der Waals surface area contributed by atoms with Gasteiger partial charge in [-0.1, -0.05) is 6.07 Å². The molecule has 0 radical (unpaired) electrons. The lowest BCUT2D eigenvalue weighted by atomic mass is 10.0. The molecule has 1 aliphatic carbocycles. The molecule has 2 heterocycles. The molecule has 1 fully saturated rings. The van der Waals surface area contributed by atoms with Crippen molar-refractivity contribution >= 4 is 33.4 Å². The van der Waals surface area contributed by atoms with Gasteiger partial charge < -0.3 is 15.4 Å². The summed E-state index contributed by atoms with van der Waals surface area (Å²) in [7, 11) is -1.32. The van der Waals surface area contributed by atoms with Crippen LogP contribution in [0, 0.1) is 18.6 Å². The number of nitrogens with zero attached hydrogens (tertiary/aromatic N) is 2.